The highest BCUT2D eigenvalue weighted by Crippen LogP contribution is 2.07. The van der Waals surface area contributed by atoms with Gasteiger partial charge >= 0.3 is 0 Å². The van der Waals surface area contributed by atoms with Crippen molar-refractivity contribution in [3.8, 4) is 0 Å². The van der Waals surface area contributed by atoms with Crippen LogP contribution in [0.25, 0.3) is 0 Å². The maximum atomic E-state index is 13.6. The second-order valence-electron chi connectivity index (χ2n) is 11.7. The summed E-state index contributed by atoms with van der Waals surface area (Å²) in [5.41, 5.74) is 22.2. The minimum absolute atomic E-state index is 0.0206. The first kappa shape index (κ1) is 44.4. The van der Waals surface area contributed by atoms with Gasteiger partial charge in [-0.3, -0.25) is 38.6 Å². The molecule has 0 saturated heterocycles. The van der Waals surface area contributed by atoms with Crippen molar-refractivity contribution in [2.45, 2.75) is 81.9 Å². The predicted molar refractivity (Wildman–Crippen MR) is 185 cm³/mol. The zero-order valence-electron chi connectivity index (χ0n) is 28.9. The van der Waals surface area contributed by atoms with E-state index in [9.17, 15) is 48.6 Å². The van der Waals surface area contributed by atoms with Crippen LogP contribution in [0, 0.1) is 0 Å². The third-order valence-corrected chi connectivity index (χ3v) is 7.18. The second kappa shape index (κ2) is 22.9. The van der Waals surface area contributed by atoms with E-state index in [0.717, 1.165) is 0 Å². The molecule has 16 N–H and O–H groups in total. The third-order valence-electron chi connectivity index (χ3n) is 7.18. The highest BCUT2D eigenvalue weighted by Gasteiger charge is 2.34. The minimum atomic E-state index is -1.71. The Morgan fingerprint density at radius 3 is 1.87 bits per heavy atom. The van der Waals surface area contributed by atoms with Gasteiger partial charge in [0.2, 0.25) is 41.4 Å². The van der Waals surface area contributed by atoms with Crippen molar-refractivity contribution in [1.29, 1.82) is 0 Å². The topological polar surface area (TPSA) is 366 Å². The predicted octanol–water partition coefficient (Wildman–Crippen LogP) is -6.38. The molecule has 1 aromatic carbocycles. The van der Waals surface area contributed by atoms with E-state index in [4.69, 9.17) is 22.9 Å². The molecule has 1 aromatic rings. The van der Waals surface area contributed by atoms with Crippen molar-refractivity contribution < 1.29 is 48.6 Å². The first-order chi connectivity index (χ1) is 24.5. The van der Waals surface area contributed by atoms with Crippen LogP contribution in [0.2, 0.25) is 0 Å². The van der Waals surface area contributed by atoms with Crippen molar-refractivity contribution in [2.24, 2.45) is 27.9 Å². The molecule has 288 valence electrons. The lowest BCUT2D eigenvalue weighted by Gasteiger charge is -2.27. The van der Waals surface area contributed by atoms with Crippen LogP contribution in [0.1, 0.15) is 38.7 Å². The number of hydrogen-bond donors (Lipinski definition) is 12. The molecule has 0 aliphatic rings. The number of aliphatic imine (C=N–C) groups is 1. The van der Waals surface area contributed by atoms with Crippen molar-refractivity contribution in [3.63, 3.8) is 0 Å². The normalized spacial score (nSPS) is 14.7. The molecule has 0 bridgehead atoms. The number of aliphatic hydroxyl groups excluding tert-OH is 2. The lowest BCUT2D eigenvalue weighted by atomic mass is 10.0. The van der Waals surface area contributed by atoms with Crippen LogP contribution in [0.15, 0.2) is 35.3 Å². The average molecular weight is 736 g/mol. The van der Waals surface area contributed by atoms with Gasteiger partial charge < -0.3 is 69.8 Å². The Balaban J connectivity index is 3.37. The molecule has 0 unspecified atom stereocenters. The van der Waals surface area contributed by atoms with E-state index in [1.807, 2.05) is 0 Å². The number of carbonyl (C=O) groups is 8. The molecule has 0 fully saturated rings. The van der Waals surface area contributed by atoms with Crippen LogP contribution in [-0.2, 0) is 44.8 Å². The molecule has 7 atom stereocenters. The molecule has 0 radical (unpaired) electrons. The number of nitrogens with two attached hydrogens (primary N) is 4. The standard InChI is InChI=1S/C31H49N11O10/c1-16(32)25(47)42-24(17(2)45)30(52)38-19(9-6-10-37-31(34)35)27(49)40-21(14-23(33)46)29(51)39-20(13-18-7-4-3-5-8-18)28(50)41-22(15-44)26(48)36-11-12-43/h3-5,7-8,12,16-17,19-22,24,44-45H,6,9-11,13-15,32H2,1-2H3,(H2,33,46)(H,36,48)(H,38,52)(H,39,51)(H,40,49)(H,41,50)(H,42,47)(H4,34,35,37)/t16-,17+,19-,20-,21-,22-,24-/m0/s1. The Labute approximate surface area is 299 Å². The number of guanidine groups is 1. The number of amides is 7. The quantitative estimate of drug-likeness (QED) is 0.0216. The number of aliphatic hydroxyl groups is 2. The monoisotopic (exact) mass is 735 g/mol. The maximum absolute atomic E-state index is 13.6. The molecule has 52 heavy (non-hydrogen) atoms. The summed E-state index contributed by atoms with van der Waals surface area (Å²) in [6.45, 7) is 1.34. The number of primary amides is 1. The zero-order chi connectivity index (χ0) is 39.4. The summed E-state index contributed by atoms with van der Waals surface area (Å²) < 4.78 is 0. The van der Waals surface area contributed by atoms with Crippen LogP contribution in [0.5, 0.6) is 0 Å². The molecule has 0 heterocycles. The number of carbonyl (C=O) groups excluding carboxylic acids is 8. The number of nitrogens with zero attached hydrogens (tertiary/aromatic N) is 1. The van der Waals surface area contributed by atoms with Crippen LogP contribution in [-0.4, -0.2) is 126 Å². The van der Waals surface area contributed by atoms with E-state index in [0.29, 0.717) is 11.8 Å². The van der Waals surface area contributed by atoms with Crippen molar-refractivity contribution in [3.05, 3.63) is 35.9 Å². The van der Waals surface area contributed by atoms with Gasteiger partial charge in [0.15, 0.2) is 5.96 Å². The molecular weight excluding hydrogens is 686 g/mol. The fourth-order valence-corrected chi connectivity index (χ4v) is 4.47. The van der Waals surface area contributed by atoms with Gasteiger partial charge in [-0.05, 0) is 32.3 Å². The Kier molecular flexibility index (Phi) is 19.6. The van der Waals surface area contributed by atoms with Crippen molar-refractivity contribution >= 4 is 53.6 Å². The zero-order valence-corrected chi connectivity index (χ0v) is 28.9. The van der Waals surface area contributed by atoms with Crippen LogP contribution in [0.4, 0.5) is 0 Å². The van der Waals surface area contributed by atoms with Gasteiger partial charge in [-0.25, -0.2) is 0 Å². The van der Waals surface area contributed by atoms with Crippen LogP contribution < -0.4 is 54.8 Å². The van der Waals surface area contributed by atoms with Gasteiger partial charge in [0.25, 0.3) is 0 Å². The molecule has 1 rings (SSSR count). The third kappa shape index (κ3) is 16.4. The molecule has 21 nitrogen and oxygen atoms in total. The van der Waals surface area contributed by atoms with Crippen LogP contribution >= 0.6 is 0 Å². The fourth-order valence-electron chi connectivity index (χ4n) is 4.47. The number of benzene rings is 1. The highest BCUT2D eigenvalue weighted by molar-refractivity contribution is 5.98. The maximum Gasteiger partial charge on any atom is 0.245 e. The lowest BCUT2D eigenvalue weighted by Crippen LogP contribution is -2.61. The van der Waals surface area contributed by atoms with E-state index in [-0.39, 0.29) is 38.3 Å². The summed E-state index contributed by atoms with van der Waals surface area (Å²) in [6, 6.07) is -0.364. The van der Waals surface area contributed by atoms with Gasteiger partial charge in [0, 0.05) is 13.0 Å². The molecule has 21 heteroatoms. The van der Waals surface area contributed by atoms with E-state index in [2.05, 4.69) is 36.9 Å². The Hall–Kier alpha value is -5.67. The number of aldehydes is 1. The highest BCUT2D eigenvalue weighted by atomic mass is 16.3. The summed E-state index contributed by atoms with van der Waals surface area (Å²) in [5.74, 6) is -6.91. The average Bonchev–Trinajstić information content (AvgIpc) is 3.08. The van der Waals surface area contributed by atoms with Gasteiger partial charge in [-0.1, -0.05) is 30.3 Å². The molecule has 7 amide bonds. The molecule has 0 saturated carbocycles. The molecule has 0 aliphatic carbocycles. The molecule has 0 aromatic heterocycles. The largest absolute Gasteiger partial charge is 0.394 e. The van der Waals surface area contributed by atoms with Crippen molar-refractivity contribution in [1.82, 2.24) is 31.9 Å². The second-order valence-corrected chi connectivity index (χ2v) is 11.7. The van der Waals surface area contributed by atoms with E-state index in [1.165, 1.54) is 13.8 Å². The Morgan fingerprint density at radius 1 is 0.769 bits per heavy atom. The van der Waals surface area contributed by atoms with Gasteiger partial charge in [-0.15, -0.1) is 0 Å². The Morgan fingerprint density at radius 2 is 1.33 bits per heavy atom. The SMILES string of the molecule is C[C@H](N)C(=O)N[C@H](C(=O)N[C@@H](CCCN=C(N)N)C(=O)N[C@@H](CC(N)=O)C(=O)N[C@@H](Cc1ccccc1)C(=O)N[C@@H](CO)C(=O)NCC=O)[C@@H](C)O. The summed E-state index contributed by atoms with van der Waals surface area (Å²) in [4.78, 5) is 105. The van der Waals surface area contributed by atoms with Gasteiger partial charge in [0.1, 0.15) is 36.5 Å². The van der Waals surface area contributed by atoms with E-state index in [1.54, 1.807) is 30.3 Å². The molecule has 0 spiro atoms. The number of nitrogens with one attached hydrogen (secondary N) is 6. The van der Waals surface area contributed by atoms with Crippen molar-refractivity contribution in [2.75, 3.05) is 19.7 Å². The van der Waals surface area contributed by atoms with Gasteiger partial charge in [0.05, 0.1) is 31.7 Å². The van der Waals surface area contributed by atoms with Gasteiger partial charge in [-0.2, -0.15) is 0 Å². The number of hydrogen-bond acceptors (Lipinski definition) is 12. The summed E-state index contributed by atoms with van der Waals surface area (Å²) >= 11 is 0. The smallest absolute Gasteiger partial charge is 0.245 e. The van der Waals surface area contributed by atoms with Crippen LogP contribution in [0.3, 0.4) is 0 Å². The first-order valence-corrected chi connectivity index (χ1v) is 16.2. The van der Waals surface area contributed by atoms with E-state index >= 15 is 0 Å². The molecular formula is C31H49N11O10. The minimum Gasteiger partial charge on any atom is -0.394 e. The first-order valence-electron chi connectivity index (χ1n) is 16.2. The lowest BCUT2D eigenvalue weighted by molar-refractivity contribution is -0.137. The fraction of sp³-hybridized carbons (Fsp3) is 0.516. The summed E-state index contributed by atoms with van der Waals surface area (Å²) in [7, 11) is 0. The summed E-state index contributed by atoms with van der Waals surface area (Å²) in [6.07, 6.45) is -1.98. The Bertz CT molecular complexity index is 1420. The van der Waals surface area contributed by atoms with E-state index < -0.39 is 96.7 Å². The molecule has 0 aliphatic heterocycles. The summed E-state index contributed by atoms with van der Waals surface area (Å²) in [5, 5.41) is 33.8. The number of rotatable bonds is 23.